The summed E-state index contributed by atoms with van der Waals surface area (Å²) in [6.45, 7) is 6.87. The van der Waals surface area contributed by atoms with Gasteiger partial charge in [-0.3, -0.25) is 0 Å². The van der Waals surface area contributed by atoms with Crippen molar-refractivity contribution in [3.63, 3.8) is 0 Å². The number of carbonyl (C=O) groups is 2. The largest absolute Gasteiger partial charge is 0.480 e. The molecule has 1 unspecified atom stereocenters. The zero-order chi connectivity index (χ0) is 16.2. The lowest BCUT2D eigenvalue weighted by atomic mass is 9.87. The molecular weight excluding hydrogens is 275 g/mol. The van der Waals surface area contributed by atoms with Crippen LogP contribution in [0.3, 0.4) is 0 Å². The Labute approximate surface area is 123 Å². The van der Waals surface area contributed by atoms with E-state index in [1.54, 1.807) is 39.8 Å². The highest BCUT2D eigenvalue weighted by Crippen LogP contribution is 2.19. The molecule has 0 aliphatic rings. The van der Waals surface area contributed by atoms with Crippen LogP contribution in [-0.4, -0.2) is 23.1 Å². The second kappa shape index (κ2) is 6.56. The van der Waals surface area contributed by atoms with Gasteiger partial charge in [0.2, 0.25) is 0 Å². The molecule has 0 bridgehead atoms. The highest BCUT2D eigenvalue weighted by atomic mass is 19.1. The number of carboxylic acid groups (broad SMARTS) is 1. The van der Waals surface area contributed by atoms with Gasteiger partial charge in [-0.1, -0.05) is 32.9 Å². The summed E-state index contributed by atoms with van der Waals surface area (Å²) in [6.07, 6.45) is 0. The zero-order valence-corrected chi connectivity index (χ0v) is 12.6. The number of benzene rings is 1. The minimum absolute atomic E-state index is 0.389. The molecule has 5 nitrogen and oxygen atoms in total. The van der Waals surface area contributed by atoms with Crippen molar-refractivity contribution in [1.82, 2.24) is 10.6 Å². The molecule has 0 spiro atoms. The fourth-order valence-electron chi connectivity index (χ4n) is 1.88. The molecule has 1 aromatic rings. The van der Waals surface area contributed by atoms with Gasteiger partial charge in [0.1, 0.15) is 11.9 Å². The lowest BCUT2D eigenvalue weighted by Gasteiger charge is -2.28. The fraction of sp³-hybridized carbons (Fsp3) is 0.467. The van der Waals surface area contributed by atoms with Crippen molar-refractivity contribution in [2.75, 3.05) is 0 Å². The quantitative estimate of drug-likeness (QED) is 0.799. The molecule has 0 aliphatic heterocycles. The molecule has 2 atom stereocenters. The van der Waals surface area contributed by atoms with E-state index in [-0.39, 0.29) is 5.82 Å². The molecule has 0 aromatic heterocycles. The molecule has 0 fully saturated rings. The van der Waals surface area contributed by atoms with E-state index < -0.39 is 29.5 Å². The van der Waals surface area contributed by atoms with Crippen LogP contribution in [0.15, 0.2) is 24.3 Å². The van der Waals surface area contributed by atoms with E-state index in [0.717, 1.165) is 0 Å². The Morgan fingerprint density at radius 1 is 1.24 bits per heavy atom. The van der Waals surface area contributed by atoms with Crippen molar-refractivity contribution in [3.8, 4) is 0 Å². The molecule has 0 aliphatic carbocycles. The number of amides is 2. The predicted molar refractivity (Wildman–Crippen MR) is 77.4 cm³/mol. The van der Waals surface area contributed by atoms with Crippen LogP contribution < -0.4 is 10.6 Å². The number of halogens is 1. The average Bonchev–Trinajstić information content (AvgIpc) is 2.34. The Hall–Kier alpha value is -2.11. The number of urea groups is 1. The van der Waals surface area contributed by atoms with Gasteiger partial charge in [0.05, 0.1) is 6.04 Å². The summed E-state index contributed by atoms with van der Waals surface area (Å²) in [5.41, 5.74) is -0.0153. The van der Waals surface area contributed by atoms with Crippen LogP contribution in [0.25, 0.3) is 0 Å². The van der Waals surface area contributed by atoms with Crippen LogP contribution >= 0.6 is 0 Å². The maximum atomic E-state index is 13.1. The number of carboxylic acids is 1. The third-order valence-electron chi connectivity index (χ3n) is 3.08. The number of rotatable bonds is 4. The second-order valence-electron chi connectivity index (χ2n) is 6.03. The van der Waals surface area contributed by atoms with E-state index >= 15 is 0 Å². The fourth-order valence-corrected chi connectivity index (χ4v) is 1.88. The summed E-state index contributed by atoms with van der Waals surface area (Å²) < 4.78 is 13.1. The Balaban J connectivity index is 2.70. The van der Waals surface area contributed by atoms with Crippen molar-refractivity contribution >= 4 is 12.0 Å². The van der Waals surface area contributed by atoms with Crippen LogP contribution in [0.5, 0.6) is 0 Å². The summed E-state index contributed by atoms with van der Waals surface area (Å²) >= 11 is 0. The summed E-state index contributed by atoms with van der Waals surface area (Å²) in [4.78, 5) is 23.1. The van der Waals surface area contributed by atoms with Crippen molar-refractivity contribution < 1.29 is 19.1 Å². The Bertz CT molecular complexity index is 526. The summed E-state index contributed by atoms with van der Waals surface area (Å²) in [6, 6.07) is 3.82. The van der Waals surface area contributed by atoms with Gasteiger partial charge in [0, 0.05) is 0 Å². The van der Waals surface area contributed by atoms with Gasteiger partial charge >= 0.3 is 12.0 Å². The molecule has 0 radical (unpaired) electrons. The lowest BCUT2D eigenvalue weighted by Crippen LogP contribution is -2.52. The smallest absolute Gasteiger partial charge is 0.326 e. The van der Waals surface area contributed by atoms with Gasteiger partial charge < -0.3 is 15.7 Å². The highest BCUT2D eigenvalue weighted by molar-refractivity contribution is 5.83. The Kier molecular flexibility index (Phi) is 5.29. The van der Waals surface area contributed by atoms with Crippen molar-refractivity contribution in [1.29, 1.82) is 0 Å². The zero-order valence-electron chi connectivity index (χ0n) is 12.6. The van der Waals surface area contributed by atoms with E-state index in [9.17, 15) is 14.0 Å². The first-order valence-corrected chi connectivity index (χ1v) is 6.66. The monoisotopic (exact) mass is 296 g/mol. The maximum Gasteiger partial charge on any atom is 0.326 e. The van der Waals surface area contributed by atoms with Crippen molar-refractivity contribution in [2.45, 2.75) is 39.8 Å². The SMILES string of the molecule is CC(NC(=O)N[C@H](C(=O)O)C(C)(C)C)c1cccc(F)c1. The molecule has 0 saturated heterocycles. The molecule has 0 heterocycles. The van der Waals surface area contributed by atoms with Gasteiger partial charge in [-0.05, 0) is 30.0 Å². The molecular formula is C15H21FN2O3. The summed E-state index contributed by atoms with van der Waals surface area (Å²) in [5.74, 6) is -1.49. The van der Waals surface area contributed by atoms with Crippen LogP contribution in [0.2, 0.25) is 0 Å². The van der Waals surface area contributed by atoms with Gasteiger partial charge in [-0.25, -0.2) is 14.0 Å². The van der Waals surface area contributed by atoms with E-state index in [1.165, 1.54) is 12.1 Å². The molecule has 2 amide bonds. The van der Waals surface area contributed by atoms with Crippen molar-refractivity contribution in [3.05, 3.63) is 35.6 Å². The Morgan fingerprint density at radius 2 is 1.86 bits per heavy atom. The average molecular weight is 296 g/mol. The first kappa shape index (κ1) is 16.9. The number of hydrogen-bond donors (Lipinski definition) is 3. The standard InChI is InChI=1S/C15H21FN2O3/c1-9(10-6-5-7-11(16)8-10)17-14(21)18-12(13(19)20)15(2,3)4/h5-9,12H,1-4H3,(H,19,20)(H2,17,18,21)/t9?,12-/m1/s1. The van der Waals surface area contributed by atoms with Crippen LogP contribution in [0, 0.1) is 11.2 Å². The first-order chi connectivity index (χ1) is 9.61. The molecule has 0 saturated carbocycles. The minimum atomic E-state index is -1.10. The normalized spacial score (nSPS) is 14.1. The third kappa shape index (κ3) is 5.06. The van der Waals surface area contributed by atoms with E-state index in [1.807, 2.05) is 0 Å². The number of hydrogen-bond acceptors (Lipinski definition) is 2. The molecule has 1 rings (SSSR count). The van der Waals surface area contributed by atoms with Gasteiger partial charge in [-0.2, -0.15) is 0 Å². The molecule has 1 aromatic carbocycles. The first-order valence-electron chi connectivity index (χ1n) is 6.66. The third-order valence-corrected chi connectivity index (χ3v) is 3.08. The molecule has 6 heteroatoms. The predicted octanol–water partition coefficient (Wildman–Crippen LogP) is 2.69. The van der Waals surface area contributed by atoms with E-state index in [4.69, 9.17) is 5.11 Å². The minimum Gasteiger partial charge on any atom is -0.480 e. The van der Waals surface area contributed by atoms with Crippen molar-refractivity contribution in [2.24, 2.45) is 5.41 Å². The number of aliphatic carboxylic acids is 1. The lowest BCUT2D eigenvalue weighted by molar-refractivity contribution is -0.141. The summed E-state index contributed by atoms with van der Waals surface area (Å²) in [7, 11) is 0. The van der Waals surface area contributed by atoms with Gasteiger partial charge in [-0.15, -0.1) is 0 Å². The van der Waals surface area contributed by atoms with E-state index in [2.05, 4.69) is 10.6 Å². The second-order valence-corrected chi connectivity index (χ2v) is 6.03. The molecule has 116 valence electrons. The number of nitrogens with one attached hydrogen (secondary N) is 2. The van der Waals surface area contributed by atoms with Crippen LogP contribution in [0.1, 0.15) is 39.3 Å². The number of carbonyl (C=O) groups excluding carboxylic acids is 1. The maximum absolute atomic E-state index is 13.1. The van der Waals surface area contributed by atoms with Gasteiger partial charge in [0.15, 0.2) is 0 Å². The molecule has 3 N–H and O–H groups in total. The topological polar surface area (TPSA) is 78.4 Å². The van der Waals surface area contributed by atoms with Gasteiger partial charge in [0.25, 0.3) is 0 Å². The highest BCUT2D eigenvalue weighted by Gasteiger charge is 2.32. The molecule has 21 heavy (non-hydrogen) atoms. The van der Waals surface area contributed by atoms with Crippen LogP contribution in [0.4, 0.5) is 9.18 Å². The summed E-state index contributed by atoms with van der Waals surface area (Å²) in [5, 5.41) is 14.2. The Morgan fingerprint density at radius 3 is 2.33 bits per heavy atom. The van der Waals surface area contributed by atoms with Crippen LogP contribution in [-0.2, 0) is 4.79 Å². The van der Waals surface area contributed by atoms with E-state index in [0.29, 0.717) is 5.56 Å².